The largest absolute Gasteiger partial charge is 0.363 e. The molecule has 0 aromatic heterocycles. The highest BCUT2D eigenvalue weighted by Gasteiger charge is 2.27. The Hall–Kier alpha value is -2.75. The van der Waals surface area contributed by atoms with E-state index in [0.29, 0.717) is 38.4 Å². The van der Waals surface area contributed by atoms with Gasteiger partial charge in [-0.05, 0) is 25.3 Å². The number of hydrogen-bond acceptors (Lipinski definition) is 7. The number of benzene rings is 1. The molecule has 0 bridgehead atoms. The summed E-state index contributed by atoms with van der Waals surface area (Å²) < 4.78 is 0. The Bertz CT molecular complexity index is 726. The number of rotatable bonds is 5. The summed E-state index contributed by atoms with van der Waals surface area (Å²) in [4.78, 5) is 39.2. The van der Waals surface area contributed by atoms with Gasteiger partial charge in [-0.1, -0.05) is 0 Å². The van der Waals surface area contributed by atoms with Gasteiger partial charge in [-0.25, -0.2) is 0 Å². The zero-order valence-corrected chi connectivity index (χ0v) is 15.1. The Morgan fingerprint density at radius 2 is 1.59 bits per heavy atom. The van der Waals surface area contributed by atoms with Crippen LogP contribution in [0.25, 0.3) is 0 Å². The number of anilines is 1. The van der Waals surface area contributed by atoms with Crippen LogP contribution in [0.15, 0.2) is 18.2 Å². The molecule has 10 nitrogen and oxygen atoms in total. The molecular formula is C17H23N5O5. The van der Waals surface area contributed by atoms with Crippen LogP contribution in [-0.2, 0) is 4.79 Å². The third-order valence-corrected chi connectivity index (χ3v) is 5.15. The topological polar surface area (TPSA) is 113 Å². The normalized spacial score (nSPS) is 18.4. The van der Waals surface area contributed by atoms with E-state index in [2.05, 4.69) is 4.90 Å². The highest BCUT2D eigenvalue weighted by atomic mass is 16.6. The molecule has 1 aromatic carbocycles. The molecular weight excluding hydrogens is 354 g/mol. The van der Waals surface area contributed by atoms with Gasteiger partial charge in [-0.3, -0.25) is 29.9 Å². The predicted molar refractivity (Wildman–Crippen MR) is 98.8 cm³/mol. The molecule has 0 N–H and O–H groups in total. The summed E-state index contributed by atoms with van der Waals surface area (Å²) >= 11 is 0. The van der Waals surface area contributed by atoms with Crippen LogP contribution >= 0.6 is 0 Å². The molecule has 0 atom stereocenters. The summed E-state index contributed by atoms with van der Waals surface area (Å²) in [6.07, 6.45) is 3.29. The maximum atomic E-state index is 12.4. The van der Waals surface area contributed by atoms with Crippen LogP contribution in [0.4, 0.5) is 17.1 Å². The van der Waals surface area contributed by atoms with Gasteiger partial charge in [0.2, 0.25) is 5.91 Å². The van der Waals surface area contributed by atoms with Gasteiger partial charge in [0.05, 0.1) is 22.5 Å². The summed E-state index contributed by atoms with van der Waals surface area (Å²) in [5.74, 6) is 0.143. The fourth-order valence-corrected chi connectivity index (χ4v) is 3.62. The van der Waals surface area contributed by atoms with Gasteiger partial charge in [0.15, 0.2) is 0 Å². The Labute approximate surface area is 156 Å². The molecule has 1 amide bonds. The van der Waals surface area contributed by atoms with Gasteiger partial charge >= 0.3 is 0 Å². The lowest BCUT2D eigenvalue weighted by atomic mass is 10.1. The van der Waals surface area contributed by atoms with Crippen molar-refractivity contribution in [1.82, 2.24) is 9.80 Å². The second-order valence-corrected chi connectivity index (χ2v) is 6.89. The smallest absolute Gasteiger partial charge is 0.299 e. The van der Waals surface area contributed by atoms with Crippen molar-refractivity contribution < 1.29 is 14.6 Å². The van der Waals surface area contributed by atoms with Gasteiger partial charge in [-0.15, -0.1) is 0 Å². The van der Waals surface area contributed by atoms with E-state index < -0.39 is 9.85 Å². The number of hydrogen-bond donors (Lipinski definition) is 0. The Kier molecular flexibility index (Phi) is 5.84. The molecule has 2 aliphatic heterocycles. The third-order valence-electron chi connectivity index (χ3n) is 5.15. The fraction of sp³-hybridized carbons (Fsp3) is 0.588. The molecule has 2 saturated heterocycles. The molecule has 27 heavy (non-hydrogen) atoms. The van der Waals surface area contributed by atoms with E-state index in [9.17, 15) is 25.0 Å². The first-order valence-electron chi connectivity index (χ1n) is 9.13. The van der Waals surface area contributed by atoms with Crippen LogP contribution in [-0.4, -0.2) is 71.4 Å². The number of amides is 1. The van der Waals surface area contributed by atoms with Crippen molar-refractivity contribution >= 4 is 23.0 Å². The van der Waals surface area contributed by atoms with Gasteiger partial charge in [0, 0.05) is 45.3 Å². The Morgan fingerprint density at radius 3 is 2.19 bits per heavy atom. The molecule has 0 saturated carbocycles. The van der Waals surface area contributed by atoms with Crippen molar-refractivity contribution in [3.63, 3.8) is 0 Å². The average Bonchev–Trinajstić information content (AvgIpc) is 2.68. The first-order valence-corrected chi connectivity index (χ1v) is 9.13. The van der Waals surface area contributed by atoms with Crippen LogP contribution in [0, 0.1) is 20.2 Å². The standard InChI is InChI=1S/C17H23N5O5/c23-17(20-6-2-1-3-7-20)13-18-8-10-19(11-9-18)15-5-4-14(21(24)25)12-16(15)22(26)27/h4-5,12H,1-3,6-11,13H2. The van der Waals surface area contributed by atoms with Crippen molar-refractivity contribution in [2.75, 3.05) is 50.7 Å². The van der Waals surface area contributed by atoms with Crippen LogP contribution in [0.5, 0.6) is 0 Å². The van der Waals surface area contributed by atoms with Crippen LogP contribution < -0.4 is 4.90 Å². The molecule has 0 spiro atoms. The van der Waals surface area contributed by atoms with Crippen LogP contribution in [0.2, 0.25) is 0 Å². The SMILES string of the molecule is O=C(CN1CCN(c2ccc([N+](=O)[O-])cc2[N+](=O)[O-])CC1)N1CCCCC1. The molecule has 2 aliphatic rings. The lowest BCUT2D eigenvalue weighted by Crippen LogP contribution is -2.50. The first kappa shape index (κ1) is 19.0. The van der Waals surface area contributed by atoms with E-state index in [1.807, 2.05) is 9.80 Å². The zero-order valence-electron chi connectivity index (χ0n) is 15.1. The van der Waals surface area contributed by atoms with Gasteiger partial charge in [-0.2, -0.15) is 0 Å². The molecule has 10 heteroatoms. The maximum absolute atomic E-state index is 12.4. The number of piperidine rings is 1. The number of nitro benzene ring substituents is 2. The van der Waals surface area contributed by atoms with Gasteiger partial charge in [0.25, 0.3) is 11.4 Å². The highest BCUT2D eigenvalue weighted by Crippen LogP contribution is 2.32. The predicted octanol–water partition coefficient (Wildman–Crippen LogP) is 1.64. The quantitative estimate of drug-likeness (QED) is 0.566. The van der Waals surface area contributed by atoms with Crippen molar-refractivity contribution in [3.05, 3.63) is 38.4 Å². The molecule has 2 fully saturated rings. The molecule has 3 rings (SSSR count). The van der Waals surface area contributed by atoms with E-state index in [1.165, 1.54) is 18.6 Å². The van der Waals surface area contributed by atoms with E-state index in [0.717, 1.165) is 32.0 Å². The summed E-state index contributed by atoms with van der Waals surface area (Å²) in [6.45, 7) is 4.33. The molecule has 0 radical (unpaired) electrons. The molecule has 1 aromatic rings. The second-order valence-electron chi connectivity index (χ2n) is 6.89. The van der Waals surface area contributed by atoms with Crippen LogP contribution in [0.1, 0.15) is 19.3 Å². The maximum Gasteiger partial charge on any atom is 0.299 e. The minimum Gasteiger partial charge on any atom is -0.363 e. The van der Waals surface area contributed by atoms with Gasteiger partial charge < -0.3 is 9.80 Å². The van der Waals surface area contributed by atoms with Crippen LogP contribution in [0.3, 0.4) is 0 Å². The van der Waals surface area contributed by atoms with E-state index in [-0.39, 0.29) is 17.3 Å². The number of non-ortho nitro benzene ring substituents is 1. The van der Waals surface area contributed by atoms with E-state index in [4.69, 9.17) is 0 Å². The number of carbonyl (C=O) groups excluding carboxylic acids is 1. The van der Waals surface area contributed by atoms with Gasteiger partial charge in [0.1, 0.15) is 5.69 Å². The number of nitro groups is 2. The average molecular weight is 377 g/mol. The molecule has 146 valence electrons. The first-order chi connectivity index (χ1) is 13.0. The monoisotopic (exact) mass is 377 g/mol. The number of piperazine rings is 1. The summed E-state index contributed by atoms with van der Waals surface area (Å²) in [5.41, 5.74) is -0.175. The minimum absolute atomic E-state index is 0.143. The number of likely N-dealkylation sites (tertiary alicyclic amines) is 1. The van der Waals surface area contributed by atoms with Crippen molar-refractivity contribution in [1.29, 1.82) is 0 Å². The number of nitrogens with zero attached hydrogens (tertiary/aromatic N) is 5. The van der Waals surface area contributed by atoms with E-state index >= 15 is 0 Å². The lowest BCUT2D eigenvalue weighted by Gasteiger charge is -2.36. The molecule has 0 aliphatic carbocycles. The molecule has 0 unspecified atom stereocenters. The fourth-order valence-electron chi connectivity index (χ4n) is 3.62. The second kappa shape index (κ2) is 8.30. The van der Waals surface area contributed by atoms with Crippen molar-refractivity contribution in [2.45, 2.75) is 19.3 Å². The Morgan fingerprint density at radius 1 is 0.926 bits per heavy atom. The zero-order chi connectivity index (χ0) is 19.4. The minimum atomic E-state index is -0.638. The number of carbonyl (C=O) groups is 1. The Balaban J connectivity index is 1.61. The highest BCUT2D eigenvalue weighted by molar-refractivity contribution is 5.78. The molecule has 2 heterocycles. The summed E-state index contributed by atoms with van der Waals surface area (Å²) in [7, 11) is 0. The van der Waals surface area contributed by atoms with E-state index in [1.54, 1.807) is 0 Å². The summed E-state index contributed by atoms with van der Waals surface area (Å²) in [5, 5.41) is 22.2. The van der Waals surface area contributed by atoms with Crippen molar-refractivity contribution in [2.24, 2.45) is 0 Å². The third kappa shape index (κ3) is 4.51. The lowest BCUT2D eigenvalue weighted by molar-refractivity contribution is -0.393. The van der Waals surface area contributed by atoms with Crippen molar-refractivity contribution in [3.8, 4) is 0 Å². The summed E-state index contributed by atoms with van der Waals surface area (Å²) in [6, 6.07) is 3.72.